The van der Waals surface area contributed by atoms with Crippen molar-refractivity contribution in [2.24, 2.45) is 0 Å². The molecule has 0 saturated carbocycles. The predicted octanol–water partition coefficient (Wildman–Crippen LogP) is 4.47. The molecule has 0 radical (unpaired) electrons. The van der Waals surface area contributed by atoms with Crippen molar-refractivity contribution in [1.29, 1.82) is 5.26 Å². The number of amides is 2. The summed E-state index contributed by atoms with van der Waals surface area (Å²) < 4.78 is 28.7. The first-order valence-electron chi connectivity index (χ1n) is 10.8. The van der Waals surface area contributed by atoms with Crippen LogP contribution in [0.2, 0.25) is 0 Å². The number of benzene rings is 3. The van der Waals surface area contributed by atoms with E-state index in [-0.39, 0.29) is 17.2 Å². The van der Waals surface area contributed by atoms with Crippen molar-refractivity contribution in [3.05, 3.63) is 95.7 Å². The molecule has 0 aliphatic rings. The summed E-state index contributed by atoms with van der Waals surface area (Å²) in [5.74, 6) is -0.250. The first kappa shape index (κ1) is 23.1. The third-order valence-electron chi connectivity index (χ3n) is 5.62. The second kappa shape index (κ2) is 9.81. The Morgan fingerprint density at radius 1 is 0.971 bits per heavy atom. The van der Waals surface area contributed by atoms with Crippen LogP contribution in [0.1, 0.15) is 16.8 Å². The van der Waals surface area contributed by atoms with Crippen LogP contribution in [0.3, 0.4) is 0 Å². The minimum absolute atomic E-state index is 0.0689. The van der Waals surface area contributed by atoms with Gasteiger partial charge in [-0.05, 0) is 30.7 Å². The lowest BCUT2D eigenvalue weighted by Crippen LogP contribution is -2.33. The molecule has 0 aliphatic carbocycles. The van der Waals surface area contributed by atoms with Crippen molar-refractivity contribution in [3.63, 3.8) is 0 Å². The van der Waals surface area contributed by atoms with Crippen molar-refractivity contribution < 1.29 is 13.2 Å². The van der Waals surface area contributed by atoms with E-state index in [9.17, 15) is 13.2 Å². The number of para-hydroxylation sites is 2. The van der Waals surface area contributed by atoms with E-state index in [1.807, 2.05) is 72.2 Å². The molecule has 0 saturated heterocycles. The molecule has 0 bridgehead atoms. The Morgan fingerprint density at radius 2 is 1.65 bits per heavy atom. The zero-order valence-corrected chi connectivity index (χ0v) is 19.5. The number of carbonyl (C=O) groups is 1. The molecular formula is C26H24N4O3S. The fourth-order valence-electron chi connectivity index (χ4n) is 4.02. The van der Waals surface area contributed by atoms with Gasteiger partial charge in [0.15, 0.2) is 9.84 Å². The number of fused-ring (bicyclic) bond motifs is 1. The van der Waals surface area contributed by atoms with E-state index in [1.165, 1.54) is 0 Å². The van der Waals surface area contributed by atoms with Gasteiger partial charge in [0.05, 0.1) is 21.9 Å². The van der Waals surface area contributed by atoms with E-state index < -0.39 is 15.9 Å². The number of aromatic nitrogens is 1. The van der Waals surface area contributed by atoms with Crippen LogP contribution >= 0.6 is 0 Å². The quantitative estimate of drug-likeness (QED) is 0.414. The van der Waals surface area contributed by atoms with Crippen molar-refractivity contribution in [3.8, 4) is 6.07 Å². The molecule has 1 heterocycles. The van der Waals surface area contributed by atoms with Gasteiger partial charge in [-0.15, -0.1) is 0 Å². The van der Waals surface area contributed by atoms with Crippen molar-refractivity contribution in [2.75, 3.05) is 17.6 Å². The zero-order chi connectivity index (χ0) is 24.1. The van der Waals surface area contributed by atoms with Crippen LogP contribution in [0.15, 0.2) is 83.8 Å². The number of nitriles is 1. The number of anilines is 1. The van der Waals surface area contributed by atoms with Crippen molar-refractivity contribution in [1.82, 2.24) is 9.88 Å². The smallest absolute Gasteiger partial charge is 0.319 e. The monoisotopic (exact) mass is 472 g/mol. The molecule has 0 aliphatic heterocycles. The number of carbonyl (C=O) groups excluding carboxylic acids is 1. The molecule has 34 heavy (non-hydrogen) atoms. The van der Waals surface area contributed by atoms with Gasteiger partial charge in [0.2, 0.25) is 0 Å². The predicted molar refractivity (Wildman–Crippen MR) is 132 cm³/mol. The van der Waals surface area contributed by atoms with Crippen molar-refractivity contribution >= 4 is 32.5 Å². The van der Waals surface area contributed by atoms with Crippen LogP contribution in [0.5, 0.6) is 0 Å². The Morgan fingerprint density at radius 3 is 2.41 bits per heavy atom. The average molecular weight is 473 g/mol. The maximum atomic E-state index is 13.3. The third kappa shape index (κ3) is 4.80. The molecular weight excluding hydrogens is 448 g/mol. The highest BCUT2D eigenvalue weighted by Gasteiger charge is 2.25. The van der Waals surface area contributed by atoms with Gasteiger partial charge in [-0.2, -0.15) is 5.26 Å². The summed E-state index contributed by atoms with van der Waals surface area (Å²) in [6.07, 6.45) is 0. The minimum Gasteiger partial charge on any atom is -0.339 e. The highest BCUT2D eigenvalue weighted by Crippen LogP contribution is 2.31. The molecule has 2 N–H and O–H groups in total. The highest BCUT2D eigenvalue weighted by molar-refractivity contribution is 7.91. The number of urea groups is 1. The van der Waals surface area contributed by atoms with Gasteiger partial charge in [-0.25, -0.2) is 13.2 Å². The number of sulfone groups is 1. The fraction of sp³-hybridized carbons (Fsp3) is 0.154. The first-order valence-corrected chi connectivity index (χ1v) is 12.4. The zero-order valence-electron chi connectivity index (χ0n) is 18.7. The summed E-state index contributed by atoms with van der Waals surface area (Å²) in [4.78, 5) is 12.5. The maximum Gasteiger partial charge on any atom is 0.319 e. The summed E-state index contributed by atoms with van der Waals surface area (Å²) >= 11 is 0. The lowest BCUT2D eigenvalue weighted by Gasteiger charge is -2.11. The number of hydrogen-bond donors (Lipinski definition) is 2. The van der Waals surface area contributed by atoms with Gasteiger partial charge >= 0.3 is 6.03 Å². The summed E-state index contributed by atoms with van der Waals surface area (Å²) in [5, 5.41) is 15.0. The van der Waals surface area contributed by atoms with Gasteiger partial charge in [0.25, 0.3) is 0 Å². The number of hydrogen-bond acceptors (Lipinski definition) is 4. The standard InChI is InChI=1S/C26H24N4O3S/c1-19-25(22-12-6-8-14-24(22)30(19)18-20-9-3-2-4-10-20)34(32,33)16-15-28-26(31)29-23-13-7-5-11-21(23)17-27/h2-14H,15-16,18H2,1H3,(H2,28,29,31). The average Bonchev–Trinajstić information content (AvgIpc) is 3.12. The molecule has 0 atom stereocenters. The summed E-state index contributed by atoms with van der Waals surface area (Å²) in [7, 11) is -3.69. The highest BCUT2D eigenvalue weighted by atomic mass is 32.2. The third-order valence-corrected chi connectivity index (χ3v) is 7.50. The number of nitrogens with one attached hydrogen (secondary N) is 2. The van der Waals surface area contributed by atoms with Gasteiger partial charge in [0.1, 0.15) is 6.07 Å². The fourth-order valence-corrected chi connectivity index (χ4v) is 5.66. The molecule has 0 unspecified atom stereocenters. The lowest BCUT2D eigenvalue weighted by atomic mass is 10.2. The van der Waals surface area contributed by atoms with E-state index in [0.29, 0.717) is 28.9 Å². The Hall–Kier alpha value is -4.09. The number of rotatable bonds is 7. The molecule has 7 nitrogen and oxygen atoms in total. The molecule has 0 fully saturated rings. The Bertz CT molecular complexity index is 1490. The summed E-state index contributed by atoms with van der Waals surface area (Å²) in [6.45, 7) is 2.30. The lowest BCUT2D eigenvalue weighted by molar-refractivity contribution is 0.252. The summed E-state index contributed by atoms with van der Waals surface area (Å²) in [5.41, 5.74) is 3.28. The SMILES string of the molecule is Cc1c(S(=O)(=O)CCNC(=O)Nc2ccccc2C#N)c2ccccc2n1Cc1ccccc1. The largest absolute Gasteiger partial charge is 0.339 e. The number of nitrogens with zero attached hydrogens (tertiary/aromatic N) is 2. The van der Waals surface area contributed by atoms with Gasteiger partial charge in [0, 0.05) is 29.7 Å². The van der Waals surface area contributed by atoms with E-state index in [0.717, 1.165) is 11.1 Å². The molecule has 4 rings (SSSR count). The van der Waals surface area contributed by atoms with E-state index >= 15 is 0 Å². The Labute approximate surface area is 198 Å². The van der Waals surface area contributed by atoms with Crippen LogP contribution in [-0.2, 0) is 16.4 Å². The van der Waals surface area contributed by atoms with E-state index in [4.69, 9.17) is 5.26 Å². The molecule has 4 aromatic rings. The van der Waals surface area contributed by atoms with Crippen LogP contribution in [0, 0.1) is 18.3 Å². The van der Waals surface area contributed by atoms with Gasteiger partial charge < -0.3 is 15.2 Å². The molecule has 172 valence electrons. The van der Waals surface area contributed by atoms with Crippen molar-refractivity contribution in [2.45, 2.75) is 18.4 Å². The minimum atomic E-state index is -3.69. The molecule has 2 amide bonds. The molecule has 3 aromatic carbocycles. The normalized spacial score (nSPS) is 11.2. The summed E-state index contributed by atoms with van der Waals surface area (Å²) in [6, 6.07) is 25.4. The topological polar surface area (TPSA) is 104 Å². The molecule has 1 aromatic heterocycles. The van der Waals surface area contributed by atoms with E-state index in [1.54, 1.807) is 24.3 Å². The maximum absolute atomic E-state index is 13.3. The van der Waals surface area contributed by atoms with Crippen LogP contribution in [0.4, 0.5) is 10.5 Å². The second-order valence-electron chi connectivity index (χ2n) is 7.86. The second-order valence-corrected chi connectivity index (χ2v) is 9.91. The Kier molecular flexibility index (Phi) is 6.66. The van der Waals surface area contributed by atoms with Crippen LogP contribution in [0.25, 0.3) is 10.9 Å². The van der Waals surface area contributed by atoms with Crippen LogP contribution in [-0.4, -0.2) is 31.3 Å². The van der Waals surface area contributed by atoms with Crippen LogP contribution < -0.4 is 10.6 Å². The van der Waals surface area contributed by atoms with E-state index in [2.05, 4.69) is 10.6 Å². The molecule has 0 spiro atoms. The van der Waals surface area contributed by atoms with Gasteiger partial charge in [-0.1, -0.05) is 60.7 Å². The Balaban J connectivity index is 1.53. The molecule has 8 heteroatoms. The van der Waals surface area contributed by atoms with Gasteiger partial charge in [-0.3, -0.25) is 0 Å². The first-order chi connectivity index (χ1) is 16.4.